The second kappa shape index (κ2) is 11.7. The van der Waals surface area contributed by atoms with Gasteiger partial charge in [0.2, 0.25) is 0 Å². The summed E-state index contributed by atoms with van der Waals surface area (Å²) in [5.74, 6) is -2.92. The summed E-state index contributed by atoms with van der Waals surface area (Å²) >= 11 is 0. The van der Waals surface area contributed by atoms with Gasteiger partial charge in [0.25, 0.3) is 0 Å². The molecule has 0 amide bonds. The number of carbonyl (C=O) groups is 2. The number of methoxy groups -OCH3 is 1. The van der Waals surface area contributed by atoms with E-state index in [0.29, 0.717) is 0 Å². The molecule has 0 radical (unpaired) electrons. The van der Waals surface area contributed by atoms with Crippen molar-refractivity contribution in [2.45, 2.75) is 82.6 Å². The molecule has 4 atom stereocenters. The predicted octanol–water partition coefficient (Wildman–Crippen LogP) is -0.750. The van der Waals surface area contributed by atoms with Gasteiger partial charge in [0.15, 0.2) is 11.2 Å². The monoisotopic (exact) mass is 538 g/mol. The van der Waals surface area contributed by atoms with Crippen molar-refractivity contribution in [2.75, 3.05) is 7.11 Å². The van der Waals surface area contributed by atoms with Crippen LogP contribution >= 0.6 is 24.0 Å². The maximum absolute atomic E-state index is 11.2. The van der Waals surface area contributed by atoms with E-state index in [2.05, 4.69) is 4.74 Å². The Kier molecular flexibility index (Phi) is 12.4. The molecule has 10 nitrogen and oxygen atoms in total. The largest absolute Gasteiger partial charge is 0.479 e. The number of rotatable bonds is 2. The number of carboxylic acids is 1. The molecule has 29 heavy (non-hydrogen) atoms. The molecule has 0 aromatic carbocycles. The van der Waals surface area contributed by atoms with Crippen molar-refractivity contribution >= 4 is 35.9 Å². The van der Waals surface area contributed by atoms with Crippen LogP contribution in [0.15, 0.2) is 0 Å². The molecule has 0 spiro atoms. The number of hydrogen-bond acceptors (Lipinski definition) is 9. The molecule has 0 aliphatic heterocycles. The zero-order valence-electron chi connectivity index (χ0n) is 16.1. The average Bonchev–Trinajstić information content (AvgIpc) is 2.57. The quantitative estimate of drug-likeness (QED) is 0.174. The summed E-state index contributed by atoms with van der Waals surface area (Å²) < 4.78 is 4.41. The number of carboxylic acid groups (broad SMARTS) is 1. The first-order chi connectivity index (χ1) is 12.3. The lowest BCUT2D eigenvalue weighted by molar-refractivity contribution is -0.181. The van der Waals surface area contributed by atoms with E-state index in [1.54, 1.807) is 13.8 Å². The van der Waals surface area contributed by atoms with Crippen molar-refractivity contribution < 1.29 is 50.1 Å². The van der Waals surface area contributed by atoms with Crippen molar-refractivity contribution in [3.63, 3.8) is 0 Å². The number of aliphatic hydroxyl groups is 6. The summed E-state index contributed by atoms with van der Waals surface area (Å²) in [4.78, 5) is 21.8. The van der Waals surface area contributed by atoms with Crippen LogP contribution in [0.4, 0.5) is 0 Å². The molecule has 0 aromatic rings. The minimum atomic E-state index is -1.98. The van der Waals surface area contributed by atoms with E-state index in [0.717, 1.165) is 7.11 Å². The molecule has 2 aliphatic carbocycles. The molecule has 0 unspecified atom stereocenters. The molecular formula is C18H35IO10. The molecule has 7 N–H and O–H groups in total. The topological polar surface area (TPSA) is 185 Å². The Labute approximate surface area is 187 Å². The Morgan fingerprint density at radius 3 is 1.31 bits per heavy atom. The van der Waals surface area contributed by atoms with Gasteiger partial charge >= 0.3 is 11.9 Å². The number of aliphatic hydroxyl groups excluding tert-OH is 4. The van der Waals surface area contributed by atoms with Gasteiger partial charge in [-0.3, -0.25) is 0 Å². The van der Waals surface area contributed by atoms with Gasteiger partial charge in [-0.15, -0.1) is 24.0 Å². The molecule has 0 heterocycles. The Hall–Kier alpha value is -0.570. The molecule has 0 saturated heterocycles. The van der Waals surface area contributed by atoms with Gasteiger partial charge in [-0.1, -0.05) is 21.3 Å². The second-order valence-corrected chi connectivity index (χ2v) is 7.66. The number of aliphatic carboxylic acids is 1. The maximum Gasteiger partial charge on any atom is 0.338 e. The smallest absolute Gasteiger partial charge is 0.338 e. The van der Waals surface area contributed by atoms with Gasteiger partial charge in [-0.05, 0) is 0 Å². The zero-order valence-corrected chi connectivity index (χ0v) is 18.4. The van der Waals surface area contributed by atoms with E-state index < -0.39 is 47.6 Å². The molecule has 174 valence electrons. The first-order valence-electron chi connectivity index (χ1n) is 8.76. The fourth-order valence-corrected chi connectivity index (χ4v) is 3.34. The van der Waals surface area contributed by atoms with E-state index in [4.69, 9.17) is 5.11 Å². The van der Waals surface area contributed by atoms with Crippen LogP contribution in [0.25, 0.3) is 0 Å². The Balaban J connectivity index is 0. The summed E-state index contributed by atoms with van der Waals surface area (Å²) in [5, 5.41) is 65.6. The highest BCUT2D eigenvalue weighted by atomic mass is 127. The third-order valence-corrected chi connectivity index (χ3v) is 5.58. The summed E-state index contributed by atoms with van der Waals surface area (Å²) in [5.41, 5.74) is -3.73. The second-order valence-electron chi connectivity index (χ2n) is 7.66. The third kappa shape index (κ3) is 7.26. The fourth-order valence-electron chi connectivity index (χ4n) is 3.34. The molecule has 11 heteroatoms. The van der Waals surface area contributed by atoms with Crippen LogP contribution in [-0.4, -0.2) is 90.4 Å². The summed E-state index contributed by atoms with van der Waals surface area (Å²) in [6.45, 7) is 3.29. The van der Waals surface area contributed by atoms with Crippen molar-refractivity contribution in [3.8, 4) is 0 Å². The first kappa shape index (κ1) is 30.6. The van der Waals surface area contributed by atoms with Crippen molar-refractivity contribution in [1.29, 1.82) is 0 Å². The Morgan fingerprint density at radius 1 is 0.793 bits per heavy atom. The van der Waals surface area contributed by atoms with Gasteiger partial charge in [0, 0.05) is 37.5 Å². The minimum Gasteiger partial charge on any atom is -0.479 e. The third-order valence-electron chi connectivity index (χ3n) is 5.58. The van der Waals surface area contributed by atoms with Gasteiger partial charge in [-0.25, -0.2) is 9.59 Å². The molecule has 2 aliphatic rings. The number of carbonyl (C=O) groups excluding carboxylic acids is 1. The number of halogens is 1. The van der Waals surface area contributed by atoms with E-state index in [-0.39, 0.29) is 68.9 Å². The molecule has 2 saturated carbocycles. The summed E-state index contributed by atoms with van der Waals surface area (Å²) in [6.07, 6.45) is -4.32. The zero-order chi connectivity index (χ0) is 21.2. The molecular weight excluding hydrogens is 503 g/mol. The fraction of sp³-hybridized carbons (Fsp3) is 0.889. The van der Waals surface area contributed by atoms with Crippen molar-refractivity contribution in [3.05, 3.63) is 0 Å². The van der Waals surface area contributed by atoms with E-state index in [1.165, 1.54) is 0 Å². The molecule has 2 rings (SSSR count). The molecule has 0 bridgehead atoms. The average molecular weight is 538 g/mol. The Morgan fingerprint density at radius 2 is 1.07 bits per heavy atom. The van der Waals surface area contributed by atoms with Crippen molar-refractivity contribution in [1.82, 2.24) is 0 Å². The van der Waals surface area contributed by atoms with Gasteiger partial charge in [-0.2, -0.15) is 0 Å². The predicted molar refractivity (Wildman–Crippen MR) is 113 cm³/mol. The van der Waals surface area contributed by atoms with Crippen LogP contribution < -0.4 is 0 Å². The maximum atomic E-state index is 11.2. The SMILES string of the molecule is C.CC1[C@H](O)CC(O)(C(=O)O)C[C@H]1O.COC(=O)C1(O)C[C@@H](O)C(C)[C@H](O)C1.I. The van der Waals surface area contributed by atoms with E-state index in [1.807, 2.05) is 0 Å². The highest BCUT2D eigenvalue weighted by molar-refractivity contribution is 14.0. The van der Waals surface area contributed by atoms with E-state index in [9.17, 15) is 40.2 Å². The normalized spacial score (nSPS) is 41.6. The van der Waals surface area contributed by atoms with Gasteiger partial charge in [0.05, 0.1) is 31.5 Å². The highest BCUT2D eigenvalue weighted by Gasteiger charge is 2.48. The van der Waals surface area contributed by atoms with Gasteiger partial charge < -0.3 is 40.5 Å². The molecule has 2 fully saturated rings. The van der Waals surface area contributed by atoms with Crippen LogP contribution in [0.5, 0.6) is 0 Å². The Bertz CT molecular complexity index is 519. The molecule has 0 aromatic heterocycles. The summed E-state index contributed by atoms with van der Waals surface area (Å²) in [6, 6.07) is 0. The number of esters is 1. The minimum absolute atomic E-state index is 0. The van der Waals surface area contributed by atoms with Crippen molar-refractivity contribution in [2.24, 2.45) is 11.8 Å². The van der Waals surface area contributed by atoms with Crippen LogP contribution in [0.1, 0.15) is 47.0 Å². The number of ether oxygens (including phenoxy) is 1. The van der Waals surface area contributed by atoms with E-state index >= 15 is 0 Å². The van der Waals surface area contributed by atoms with Crippen LogP contribution in [0, 0.1) is 11.8 Å². The number of hydrogen-bond donors (Lipinski definition) is 7. The van der Waals surface area contributed by atoms with Crippen LogP contribution in [0.3, 0.4) is 0 Å². The lowest BCUT2D eigenvalue weighted by Crippen LogP contribution is -2.53. The lowest BCUT2D eigenvalue weighted by atomic mass is 9.76. The van der Waals surface area contributed by atoms with Gasteiger partial charge in [0.1, 0.15) is 0 Å². The highest BCUT2D eigenvalue weighted by Crippen LogP contribution is 2.34. The van der Waals surface area contributed by atoms with Crippen LogP contribution in [-0.2, 0) is 14.3 Å². The standard InChI is InChI=1S/C9H16O5.C8H14O5.CH4.HI/c1-5-6(10)3-9(13,4-7(5)11)8(12)14-2;1-4-5(9)2-8(13,7(11)12)3-6(4)10;;/h5-7,10-11,13H,3-4H2,1-2H3;4-6,9-10,13H,2-3H2,1H3,(H,11,12);1H4;1H/t5?,6-,7-,9?;4?,5-,6-,8?;;/m11../s1. The lowest BCUT2D eigenvalue weighted by Gasteiger charge is -2.39. The first-order valence-corrected chi connectivity index (χ1v) is 8.76. The van der Waals surface area contributed by atoms with Crippen LogP contribution in [0.2, 0.25) is 0 Å². The summed E-state index contributed by atoms with van der Waals surface area (Å²) in [7, 11) is 1.16.